The van der Waals surface area contributed by atoms with Gasteiger partial charge in [-0.1, -0.05) is 146 Å². The van der Waals surface area contributed by atoms with Gasteiger partial charge in [0, 0.05) is 49.7 Å². The van der Waals surface area contributed by atoms with Crippen molar-refractivity contribution in [3.8, 4) is 39.6 Å². The number of rotatable bonds is 8. The van der Waals surface area contributed by atoms with Gasteiger partial charge < -0.3 is 9.13 Å². The Bertz CT molecular complexity index is 3810. The molecule has 12 aromatic rings. The molecule has 0 fully saturated rings. The average molecular weight is 808 g/mol. The van der Waals surface area contributed by atoms with Gasteiger partial charge in [0.1, 0.15) is 0 Å². The highest BCUT2D eigenvalue weighted by atomic mass is 15.2. The van der Waals surface area contributed by atoms with Crippen molar-refractivity contribution < 1.29 is 0 Å². The van der Waals surface area contributed by atoms with E-state index in [0.29, 0.717) is 0 Å². The summed E-state index contributed by atoms with van der Waals surface area (Å²) in [6, 6.07) is 69.9. The summed E-state index contributed by atoms with van der Waals surface area (Å²) in [7, 11) is 0. The van der Waals surface area contributed by atoms with Crippen molar-refractivity contribution in [3.05, 3.63) is 231 Å². The van der Waals surface area contributed by atoms with E-state index in [4.69, 9.17) is 4.98 Å². The zero-order chi connectivity index (χ0) is 42.0. The highest BCUT2D eigenvalue weighted by Gasteiger charge is 2.25. The summed E-state index contributed by atoms with van der Waals surface area (Å²) in [6.45, 7) is 5.96. The molecule has 0 N–H and O–H groups in total. The number of nitrogens with zero attached hydrogens (tertiary/aromatic N) is 5. The van der Waals surface area contributed by atoms with Crippen molar-refractivity contribution in [2.24, 2.45) is 0 Å². The van der Waals surface area contributed by atoms with E-state index in [0.717, 1.165) is 78.6 Å². The van der Waals surface area contributed by atoms with Crippen molar-refractivity contribution in [1.29, 1.82) is 0 Å². The Balaban J connectivity index is 1.10. The van der Waals surface area contributed by atoms with Crippen molar-refractivity contribution in [2.45, 2.75) is 6.92 Å². The SMILES string of the molecule is C=C/C=C\C(=C/C)c1cccc(-n2c3ccccc3c3cc(-c4nc5n(-c6ccc7c(c6)c6ccccc6n7-c6ccccc6)c6ccccc6n5c4-c4ccccc4)ccc32)c1. The maximum Gasteiger partial charge on any atom is 0.220 e. The molecule has 8 aromatic carbocycles. The van der Waals surface area contributed by atoms with Crippen molar-refractivity contribution in [2.75, 3.05) is 0 Å². The van der Waals surface area contributed by atoms with Crippen LogP contribution in [0.4, 0.5) is 0 Å². The van der Waals surface area contributed by atoms with Crippen molar-refractivity contribution in [3.63, 3.8) is 0 Å². The number of hydrogen-bond donors (Lipinski definition) is 0. The third kappa shape index (κ3) is 5.67. The molecule has 0 atom stereocenters. The number of imidazole rings is 2. The summed E-state index contributed by atoms with van der Waals surface area (Å²) in [5.74, 6) is 0.862. The number of benzene rings is 8. The smallest absolute Gasteiger partial charge is 0.220 e. The third-order valence-electron chi connectivity index (χ3n) is 12.5. The number of para-hydroxylation sites is 5. The lowest BCUT2D eigenvalue weighted by Crippen LogP contribution is -1.96. The van der Waals surface area contributed by atoms with Crippen LogP contribution in [0.2, 0.25) is 0 Å². The van der Waals surface area contributed by atoms with Gasteiger partial charge in [-0.2, -0.15) is 0 Å². The summed E-state index contributed by atoms with van der Waals surface area (Å²) in [5, 5.41) is 4.78. The zero-order valence-electron chi connectivity index (χ0n) is 34.7. The monoisotopic (exact) mass is 807 g/mol. The van der Waals surface area contributed by atoms with E-state index >= 15 is 0 Å². The molecule has 0 unspecified atom stereocenters. The largest absolute Gasteiger partial charge is 0.309 e. The maximum atomic E-state index is 5.68. The highest BCUT2D eigenvalue weighted by molar-refractivity contribution is 6.12. The zero-order valence-corrected chi connectivity index (χ0v) is 34.7. The van der Waals surface area contributed by atoms with Gasteiger partial charge in [0.2, 0.25) is 5.78 Å². The van der Waals surface area contributed by atoms with Crippen LogP contribution in [0.1, 0.15) is 12.5 Å². The molecule has 5 nitrogen and oxygen atoms in total. The third-order valence-corrected chi connectivity index (χ3v) is 12.5. The molecule has 0 aliphatic heterocycles. The van der Waals surface area contributed by atoms with Gasteiger partial charge >= 0.3 is 0 Å². The fraction of sp³-hybridized carbons (Fsp3) is 0.0172. The van der Waals surface area contributed by atoms with Crippen LogP contribution in [0.5, 0.6) is 0 Å². The first-order valence-corrected chi connectivity index (χ1v) is 21.5. The number of fused-ring (bicyclic) bond motifs is 9. The van der Waals surface area contributed by atoms with Crippen molar-refractivity contribution in [1.82, 2.24) is 23.1 Å². The highest BCUT2D eigenvalue weighted by Crippen LogP contribution is 2.42. The number of aromatic nitrogens is 5. The van der Waals surface area contributed by atoms with Gasteiger partial charge in [-0.3, -0.25) is 8.97 Å². The minimum absolute atomic E-state index is 0.862. The van der Waals surface area contributed by atoms with Crippen molar-refractivity contribution >= 4 is 66.0 Å². The standard InChI is InChI=1S/C58H41N5/c1-3-5-19-39(4-2)41-22-18-25-44(36-41)61-51-29-15-12-26-46(51)48-37-42(32-34-52(48)61)56-57(40-20-8-6-9-21-40)63-55-31-17-16-30-54(55)62(58(63)59-56)45-33-35-53-49(38-45)47-27-13-14-28-50(47)60(53)43-23-10-7-11-24-43/h3-38H,1H2,2H3/b19-5-,39-4+. The normalized spacial score (nSPS) is 12.3. The fourth-order valence-corrected chi connectivity index (χ4v) is 9.76. The van der Waals surface area contributed by atoms with E-state index in [1.54, 1.807) is 0 Å². The second-order valence-electron chi connectivity index (χ2n) is 16.0. The van der Waals surface area contributed by atoms with Crippen LogP contribution in [-0.2, 0) is 0 Å². The van der Waals surface area contributed by atoms with Gasteiger partial charge in [-0.05, 0) is 96.9 Å². The Labute approximate surface area is 364 Å². The summed E-state index contributed by atoms with van der Waals surface area (Å²) >= 11 is 0. The maximum absolute atomic E-state index is 5.68. The van der Waals surface area contributed by atoms with Crippen LogP contribution in [0.25, 0.3) is 106 Å². The van der Waals surface area contributed by atoms with Crippen LogP contribution < -0.4 is 0 Å². The first-order chi connectivity index (χ1) is 31.2. The molecule has 0 aliphatic carbocycles. The molecule has 0 radical (unpaired) electrons. The summed E-state index contributed by atoms with van der Waals surface area (Å²) in [5.41, 5.74) is 16.6. The quantitative estimate of drug-likeness (QED) is 0.141. The molecule has 63 heavy (non-hydrogen) atoms. The van der Waals surface area contributed by atoms with Crippen LogP contribution >= 0.6 is 0 Å². The summed E-state index contributed by atoms with van der Waals surface area (Å²) in [6.07, 6.45) is 8.06. The molecular formula is C58H41N5. The first-order valence-electron chi connectivity index (χ1n) is 21.5. The molecular weight excluding hydrogens is 767 g/mol. The lowest BCUT2D eigenvalue weighted by Gasteiger charge is -2.11. The van der Waals surface area contributed by atoms with Gasteiger partial charge in [0.25, 0.3) is 0 Å². The van der Waals surface area contributed by atoms with E-state index in [2.05, 4.69) is 238 Å². The molecule has 0 saturated carbocycles. The predicted octanol–water partition coefficient (Wildman–Crippen LogP) is 15.0. The van der Waals surface area contributed by atoms with Gasteiger partial charge in [0.05, 0.1) is 44.5 Å². The molecule has 0 spiro atoms. The van der Waals surface area contributed by atoms with Crippen LogP contribution in [0.15, 0.2) is 225 Å². The molecule has 0 amide bonds. The fourth-order valence-electron chi connectivity index (χ4n) is 9.76. The van der Waals surface area contributed by atoms with Gasteiger partial charge in [0.15, 0.2) is 0 Å². The van der Waals surface area contributed by atoms with E-state index < -0.39 is 0 Å². The number of allylic oxidation sites excluding steroid dienone is 5. The second kappa shape index (κ2) is 14.6. The molecule has 0 bridgehead atoms. The average Bonchev–Trinajstić information content (AvgIpc) is 4.08. The first kappa shape index (κ1) is 36.4. The Kier molecular flexibility index (Phi) is 8.47. The van der Waals surface area contributed by atoms with Gasteiger partial charge in [-0.25, -0.2) is 4.98 Å². The van der Waals surface area contributed by atoms with E-state index in [-0.39, 0.29) is 0 Å². The lowest BCUT2D eigenvalue weighted by molar-refractivity contribution is 1.10. The van der Waals surface area contributed by atoms with Gasteiger partial charge in [-0.15, -0.1) is 0 Å². The molecule has 298 valence electrons. The Morgan fingerprint density at radius 2 is 1.03 bits per heavy atom. The molecule has 4 heterocycles. The Morgan fingerprint density at radius 3 is 1.75 bits per heavy atom. The molecule has 4 aromatic heterocycles. The molecule has 0 saturated heterocycles. The Hall–Kier alpha value is -8.41. The number of hydrogen-bond acceptors (Lipinski definition) is 1. The second-order valence-corrected chi connectivity index (χ2v) is 16.0. The van der Waals surface area contributed by atoms with E-state index in [1.807, 2.05) is 12.2 Å². The van der Waals surface area contributed by atoms with Crippen LogP contribution in [0, 0.1) is 0 Å². The minimum atomic E-state index is 0.862. The Morgan fingerprint density at radius 1 is 0.460 bits per heavy atom. The molecule has 0 aliphatic rings. The molecule has 5 heteroatoms. The predicted molar refractivity (Wildman–Crippen MR) is 265 cm³/mol. The minimum Gasteiger partial charge on any atom is -0.309 e. The topological polar surface area (TPSA) is 32.1 Å². The lowest BCUT2D eigenvalue weighted by atomic mass is 10.0. The molecule has 12 rings (SSSR count). The van der Waals surface area contributed by atoms with E-state index in [9.17, 15) is 0 Å². The summed E-state index contributed by atoms with van der Waals surface area (Å²) < 4.78 is 9.44. The van der Waals surface area contributed by atoms with Crippen LogP contribution in [-0.4, -0.2) is 23.1 Å². The van der Waals surface area contributed by atoms with Crippen LogP contribution in [0.3, 0.4) is 0 Å². The summed E-state index contributed by atoms with van der Waals surface area (Å²) in [4.78, 5) is 5.68. The van der Waals surface area contributed by atoms with E-state index in [1.165, 1.54) is 32.6 Å².